The summed E-state index contributed by atoms with van der Waals surface area (Å²) in [4.78, 5) is 18.6. The van der Waals surface area contributed by atoms with Gasteiger partial charge in [-0.2, -0.15) is 13.2 Å². The quantitative estimate of drug-likeness (QED) is 0.763. The number of carbonyl (C=O) groups excluding carboxylic acids is 1. The Kier molecular flexibility index (Phi) is 5.62. The van der Waals surface area contributed by atoms with Crippen molar-refractivity contribution in [2.24, 2.45) is 0 Å². The summed E-state index contributed by atoms with van der Waals surface area (Å²) in [5.41, 5.74) is -0.211. The van der Waals surface area contributed by atoms with Crippen LogP contribution in [0.5, 0.6) is 0 Å². The maximum atomic E-state index is 13.6. The fraction of sp³-hybridized carbons (Fsp3) is 0.368. The van der Waals surface area contributed by atoms with E-state index in [9.17, 15) is 22.4 Å². The highest BCUT2D eigenvalue weighted by atomic mass is 19.4. The van der Waals surface area contributed by atoms with Gasteiger partial charge in [-0.3, -0.25) is 9.69 Å². The summed E-state index contributed by atoms with van der Waals surface area (Å²) in [6.45, 7) is 2.00. The van der Waals surface area contributed by atoms with E-state index in [2.05, 4.69) is 4.98 Å². The van der Waals surface area contributed by atoms with E-state index in [-0.39, 0.29) is 18.1 Å². The molecule has 0 unspecified atom stereocenters. The highest BCUT2D eigenvalue weighted by Gasteiger charge is 2.33. The Labute approximate surface area is 154 Å². The Balaban J connectivity index is 1.51. The first-order chi connectivity index (χ1) is 12.8. The van der Waals surface area contributed by atoms with Gasteiger partial charge in [0, 0.05) is 12.5 Å². The van der Waals surface area contributed by atoms with Gasteiger partial charge in [-0.1, -0.05) is 18.2 Å². The molecule has 1 fully saturated rings. The Morgan fingerprint density at radius 3 is 2.33 bits per heavy atom. The molecule has 4 nitrogen and oxygen atoms in total. The lowest BCUT2D eigenvalue weighted by molar-refractivity contribution is -0.367. The molecule has 27 heavy (non-hydrogen) atoms. The van der Waals surface area contributed by atoms with Crippen LogP contribution in [0.3, 0.4) is 0 Å². The highest BCUT2D eigenvalue weighted by molar-refractivity contribution is 5.76. The molecule has 8 heteroatoms. The molecule has 1 N–H and O–H groups in total. The van der Waals surface area contributed by atoms with Crippen molar-refractivity contribution in [2.45, 2.75) is 19.0 Å². The molecule has 1 aromatic heterocycles. The fourth-order valence-electron chi connectivity index (χ4n) is 3.09. The van der Waals surface area contributed by atoms with E-state index in [0.29, 0.717) is 44.0 Å². The molecule has 0 saturated carbocycles. The third-order valence-corrected chi connectivity index (χ3v) is 4.66. The molecule has 0 aliphatic carbocycles. The second kappa shape index (κ2) is 7.94. The largest absolute Gasteiger partial charge is 0.419 e. The number of pyridine rings is 1. The van der Waals surface area contributed by atoms with Gasteiger partial charge < -0.3 is 4.90 Å². The number of anilines is 1. The maximum Gasteiger partial charge on any atom is 0.419 e. The van der Waals surface area contributed by atoms with Crippen molar-refractivity contribution >= 4 is 11.7 Å². The van der Waals surface area contributed by atoms with Crippen molar-refractivity contribution < 1.29 is 27.3 Å². The van der Waals surface area contributed by atoms with Gasteiger partial charge in [0.1, 0.15) is 25.1 Å². The highest BCUT2D eigenvalue weighted by Crippen LogP contribution is 2.28. The molecule has 0 radical (unpaired) electrons. The zero-order valence-corrected chi connectivity index (χ0v) is 14.6. The molecular formula is C19H20F4N3O+. The predicted molar refractivity (Wildman–Crippen MR) is 91.5 cm³/mol. The Morgan fingerprint density at radius 2 is 1.74 bits per heavy atom. The lowest BCUT2D eigenvalue weighted by Crippen LogP contribution is -2.50. The third-order valence-electron chi connectivity index (χ3n) is 4.66. The van der Waals surface area contributed by atoms with Gasteiger partial charge in [0.2, 0.25) is 5.91 Å². The number of carbonyl (C=O) groups is 1. The fourth-order valence-corrected chi connectivity index (χ4v) is 3.09. The number of H-pyrrole nitrogens is 1. The van der Waals surface area contributed by atoms with Crippen LogP contribution in [0.1, 0.15) is 17.5 Å². The molecule has 2 aromatic rings. The van der Waals surface area contributed by atoms with Gasteiger partial charge in [-0.15, -0.1) is 0 Å². The van der Waals surface area contributed by atoms with Crippen molar-refractivity contribution in [3.63, 3.8) is 0 Å². The van der Waals surface area contributed by atoms with E-state index in [4.69, 9.17) is 0 Å². The zero-order chi connectivity index (χ0) is 19.4. The zero-order valence-electron chi connectivity index (χ0n) is 14.6. The first-order valence-electron chi connectivity index (χ1n) is 8.69. The van der Waals surface area contributed by atoms with Crippen LogP contribution < -0.4 is 9.88 Å². The number of amides is 1. The van der Waals surface area contributed by atoms with Crippen LogP contribution in [0.2, 0.25) is 0 Å². The van der Waals surface area contributed by atoms with Crippen LogP contribution in [0.4, 0.5) is 23.4 Å². The molecule has 1 aliphatic heterocycles. The van der Waals surface area contributed by atoms with Gasteiger partial charge in [0.25, 0.3) is 5.82 Å². The molecule has 1 aromatic carbocycles. The van der Waals surface area contributed by atoms with Gasteiger partial charge in [0.05, 0.1) is 18.7 Å². The van der Waals surface area contributed by atoms with Crippen LogP contribution >= 0.6 is 0 Å². The predicted octanol–water partition coefficient (Wildman–Crippen LogP) is 2.94. The number of aryl methyl sites for hydroxylation is 1. The molecule has 2 heterocycles. The van der Waals surface area contributed by atoms with Crippen molar-refractivity contribution in [3.8, 4) is 0 Å². The molecule has 1 saturated heterocycles. The minimum absolute atomic E-state index is 0.0469. The molecule has 3 rings (SSSR count). The summed E-state index contributed by atoms with van der Waals surface area (Å²) in [6, 6.07) is 8.83. The van der Waals surface area contributed by atoms with Crippen molar-refractivity contribution in [2.75, 3.05) is 31.1 Å². The van der Waals surface area contributed by atoms with Crippen LogP contribution in [0.25, 0.3) is 0 Å². The van der Waals surface area contributed by atoms with E-state index in [1.807, 2.05) is 4.90 Å². The summed E-state index contributed by atoms with van der Waals surface area (Å²) in [7, 11) is 0. The number of hydrogen-bond acceptors (Lipinski definition) is 2. The lowest BCUT2D eigenvalue weighted by Gasteiger charge is -2.31. The number of halogens is 4. The molecule has 1 aliphatic rings. The summed E-state index contributed by atoms with van der Waals surface area (Å²) in [5, 5.41) is 0. The summed E-state index contributed by atoms with van der Waals surface area (Å²) < 4.78 is 51.5. The number of piperazine rings is 1. The van der Waals surface area contributed by atoms with Crippen LogP contribution in [0.15, 0.2) is 42.6 Å². The van der Waals surface area contributed by atoms with E-state index in [1.54, 1.807) is 23.1 Å². The minimum Gasteiger partial charge on any atom is -0.335 e. The number of benzene rings is 1. The molecule has 1 amide bonds. The van der Waals surface area contributed by atoms with Gasteiger partial charge >= 0.3 is 6.18 Å². The van der Waals surface area contributed by atoms with Gasteiger partial charge in [-0.25, -0.2) is 9.37 Å². The number of alkyl halides is 3. The van der Waals surface area contributed by atoms with Crippen LogP contribution in [0, 0.1) is 5.82 Å². The van der Waals surface area contributed by atoms with E-state index in [0.717, 1.165) is 12.3 Å². The van der Waals surface area contributed by atoms with Crippen molar-refractivity contribution in [1.29, 1.82) is 0 Å². The number of nitrogens with one attached hydrogen (secondary N) is 1. The smallest absolute Gasteiger partial charge is 0.335 e. The number of hydrogen-bond donors (Lipinski definition) is 0. The summed E-state index contributed by atoms with van der Waals surface area (Å²) >= 11 is 0. The third kappa shape index (κ3) is 4.75. The molecule has 0 atom stereocenters. The maximum absolute atomic E-state index is 13.6. The number of nitrogens with zero attached hydrogens (tertiary/aromatic N) is 2. The van der Waals surface area contributed by atoms with E-state index < -0.39 is 11.7 Å². The SMILES string of the molecule is O=C(CCc1ccccc1F)N1CCN(c2ccc(C(F)(F)F)c[nH+]2)CC1. The Morgan fingerprint density at radius 1 is 1.04 bits per heavy atom. The van der Waals surface area contributed by atoms with E-state index >= 15 is 0 Å². The van der Waals surface area contributed by atoms with Gasteiger partial charge in [-0.05, 0) is 24.1 Å². The Bertz CT molecular complexity index is 784. The second-order valence-electron chi connectivity index (χ2n) is 6.42. The molecule has 144 valence electrons. The van der Waals surface area contributed by atoms with E-state index in [1.165, 1.54) is 12.1 Å². The van der Waals surface area contributed by atoms with Crippen molar-refractivity contribution in [1.82, 2.24) is 4.90 Å². The monoisotopic (exact) mass is 382 g/mol. The summed E-state index contributed by atoms with van der Waals surface area (Å²) in [6.07, 6.45) is -2.86. The first kappa shape index (κ1) is 19.1. The topological polar surface area (TPSA) is 37.7 Å². The molecule has 0 bridgehead atoms. The number of aromatic amines is 1. The lowest BCUT2D eigenvalue weighted by atomic mass is 10.1. The second-order valence-corrected chi connectivity index (χ2v) is 6.42. The van der Waals surface area contributed by atoms with Crippen LogP contribution in [-0.4, -0.2) is 37.0 Å². The minimum atomic E-state index is -4.38. The standard InChI is InChI=1S/C19H19F4N3O/c20-16-4-2-1-3-14(16)5-8-18(27)26-11-9-25(10-12-26)17-7-6-15(13-24-17)19(21,22)23/h1-4,6-7,13H,5,8-12H2/p+1. The average Bonchev–Trinajstić information content (AvgIpc) is 2.67. The van der Waals surface area contributed by atoms with Crippen molar-refractivity contribution in [3.05, 3.63) is 59.5 Å². The van der Waals surface area contributed by atoms with Crippen LogP contribution in [-0.2, 0) is 17.4 Å². The Hall–Kier alpha value is -2.64. The first-order valence-corrected chi connectivity index (χ1v) is 8.69. The normalized spacial score (nSPS) is 15.1. The van der Waals surface area contributed by atoms with Gasteiger partial charge in [0.15, 0.2) is 0 Å². The number of aromatic nitrogens is 1. The number of rotatable bonds is 4. The molecular weight excluding hydrogens is 362 g/mol. The average molecular weight is 382 g/mol. The summed E-state index contributed by atoms with van der Waals surface area (Å²) in [5.74, 6) is 0.226. The molecule has 0 spiro atoms.